The molecule has 0 aliphatic heterocycles. The van der Waals surface area contributed by atoms with Crippen molar-refractivity contribution in [1.82, 2.24) is 9.78 Å². The second-order valence-corrected chi connectivity index (χ2v) is 4.27. The first kappa shape index (κ1) is 15.8. The van der Waals surface area contributed by atoms with E-state index in [4.69, 9.17) is 22.1 Å². The van der Waals surface area contributed by atoms with Gasteiger partial charge in [-0.25, -0.2) is 0 Å². The van der Waals surface area contributed by atoms with E-state index in [0.29, 0.717) is 30.5 Å². The van der Waals surface area contributed by atoms with Crippen molar-refractivity contribution in [2.45, 2.75) is 13.5 Å². The minimum atomic E-state index is 0. The number of hydrogen-bond acceptors (Lipinski definition) is 3. The van der Waals surface area contributed by atoms with Crippen LogP contribution in [-0.2, 0) is 6.54 Å². The molecule has 0 radical (unpaired) electrons. The monoisotopic (exact) mass is 301 g/mol. The van der Waals surface area contributed by atoms with Gasteiger partial charge in [-0.2, -0.15) is 5.10 Å². The van der Waals surface area contributed by atoms with Crippen molar-refractivity contribution in [2.24, 2.45) is 5.73 Å². The largest absolute Gasteiger partial charge is 0.492 e. The minimum Gasteiger partial charge on any atom is -0.492 e. The van der Waals surface area contributed by atoms with Crippen molar-refractivity contribution in [3.8, 4) is 16.9 Å². The molecule has 0 aliphatic rings. The van der Waals surface area contributed by atoms with Crippen molar-refractivity contribution in [3.05, 3.63) is 35.6 Å². The van der Waals surface area contributed by atoms with Gasteiger partial charge in [-0.05, 0) is 24.6 Å². The molecule has 1 aromatic heterocycles. The highest BCUT2D eigenvalue weighted by Gasteiger charge is 2.06. The maximum atomic E-state index is 6.15. The molecule has 4 nitrogen and oxygen atoms in total. The van der Waals surface area contributed by atoms with Crippen molar-refractivity contribution >= 4 is 24.0 Å². The van der Waals surface area contributed by atoms with Gasteiger partial charge in [0.25, 0.3) is 0 Å². The maximum absolute atomic E-state index is 6.15. The smallest absolute Gasteiger partial charge is 0.137 e. The lowest BCUT2D eigenvalue weighted by atomic mass is 10.1. The molecule has 0 unspecified atom stereocenters. The molecule has 104 valence electrons. The number of halogens is 2. The van der Waals surface area contributed by atoms with E-state index in [9.17, 15) is 0 Å². The predicted molar refractivity (Wildman–Crippen MR) is 80.1 cm³/mol. The number of hydrogen-bond donors (Lipinski definition) is 1. The summed E-state index contributed by atoms with van der Waals surface area (Å²) in [7, 11) is 0. The lowest BCUT2D eigenvalue weighted by Gasteiger charge is -2.06. The summed E-state index contributed by atoms with van der Waals surface area (Å²) in [5.41, 5.74) is 7.53. The zero-order valence-electron chi connectivity index (χ0n) is 10.7. The molecule has 2 rings (SSSR count). The van der Waals surface area contributed by atoms with E-state index in [1.54, 1.807) is 0 Å². The lowest BCUT2D eigenvalue weighted by molar-refractivity contribution is 0.340. The Balaban J connectivity index is 0.00000180. The highest BCUT2D eigenvalue weighted by Crippen LogP contribution is 2.30. The third-order valence-corrected chi connectivity index (χ3v) is 2.85. The van der Waals surface area contributed by atoms with Crippen molar-refractivity contribution in [1.29, 1.82) is 0 Å². The zero-order chi connectivity index (χ0) is 13.0. The van der Waals surface area contributed by atoms with Gasteiger partial charge in [0.15, 0.2) is 0 Å². The standard InChI is InChI=1S/C13H16ClN3O.ClH/c1-2-18-13-4-3-10(7-12(13)14)11-8-16-17(9-11)6-5-15;/h3-4,7-9H,2,5-6,15H2,1H3;1H. The summed E-state index contributed by atoms with van der Waals surface area (Å²) in [5, 5.41) is 4.85. The molecule has 19 heavy (non-hydrogen) atoms. The van der Waals surface area contributed by atoms with Gasteiger partial charge in [0, 0.05) is 18.3 Å². The van der Waals surface area contributed by atoms with Gasteiger partial charge in [0.2, 0.25) is 0 Å². The fourth-order valence-electron chi connectivity index (χ4n) is 1.72. The molecule has 2 N–H and O–H groups in total. The molecule has 0 amide bonds. The minimum absolute atomic E-state index is 0. The Labute approximate surface area is 123 Å². The van der Waals surface area contributed by atoms with Crippen LogP contribution in [0.3, 0.4) is 0 Å². The Morgan fingerprint density at radius 2 is 2.16 bits per heavy atom. The second kappa shape index (κ2) is 7.38. The molecule has 1 aromatic carbocycles. The van der Waals surface area contributed by atoms with Gasteiger partial charge < -0.3 is 10.5 Å². The summed E-state index contributed by atoms with van der Waals surface area (Å²) in [6, 6.07) is 5.73. The van der Waals surface area contributed by atoms with E-state index in [1.165, 1.54) is 0 Å². The number of aromatic nitrogens is 2. The van der Waals surface area contributed by atoms with Gasteiger partial charge in [0.05, 0.1) is 24.4 Å². The summed E-state index contributed by atoms with van der Waals surface area (Å²) < 4.78 is 7.22. The average Bonchev–Trinajstić information content (AvgIpc) is 2.81. The first-order chi connectivity index (χ1) is 8.74. The average molecular weight is 302 g/mol. The van der Waals surface area contributed by atoms with Gasteiger partial charge >= 0.3 is 0 Å². The molecule has 2 aromatic rings. The van der Waals surface area contributed by atoms with E-state index in [0.717, 1.165) is 11.1 Å². The van der Waals surface area contributed by atoms with Crippen LogP contribution in [0, 0.1) is 0 Å². The van der Waals surface area contributed by atoms with Crippen molar-refractivity contribution in [3.63, 3.8) is 0 Å². The second-order valence-electron chi connectivity index (χ2n) is 3.86. The normalized spacial score (nSPS) is 10.1. The summed E-state index contributed by atoms with van der Waals surface area (Å²) in [4.78, 5) is 0. The van der Waals surface area contributed by atoms with Crippen LogP contribution in [0.1, 0.15) is 6.92 Å². The quantitative estimate of drug-likeness (QED) is 0.924. The van der Waals surface area contributed by atoms with Crippen molar-refractivity contribution < 1.29 is 4.74 Å². The number of nitrogens with two attached hydrogens (primary N) is 1. The van der Waals surface area contributed by atoms with Crippen LogP contribution in [-0.4, -0.2) is 22.9 Å². The van der Waals surface area contributed by atoms with E-state index in [2.05, 4.69) is 5.10 Å². The summed E-state index contributed by atoms with van der Waals surface area (Å²) in [6.07, 6.45) is 3.76. The Morgan fingerprint density at radius 1 is 1.37 bits per heavy atom. The van der Waals surface area contributed by atoms with Crippen LogP contribution in [0.15, 0.2) is 30.6 Å². The highest BCUT2D eigenvalue weighted by atomic mass is 35.5. The molecule has 0 fully saturated rings. The zero-order valence-corrected chi connectivity index (χ0v) is 12.2. The van der Waals surface area contributed by atoms with E-state index in [1.807, 2.05) is 42.2 Å². The molecule has 1 heterocycles. The molecular formula is C13H17Cl2N3O. The summed E-state index contributed by atoms with van der Waals surface area (Å²) in [6.45, 7) is 3.82. The first-order valence-corrected chi connectivity index (χ1v) is 6.27. The number of ether oxygens (including phenoxy) is 1. The Hall–Kier alpha value is -1.23. The van der Waals surface area contributed by atoms with Crippen LogP contribution >= 0.6 is 24.0 Å². The lowest BCUT2D eigenvalue weighted by Crippen LogP contribution is -2.09. The maximum Gasteiger partial charge on any atom is 0.137 e. The number of rotatable bonds is 5. The van der Waals surface area contributed by atoms with Gasteiger partial charge in [0.1, 0.15) is 5.75 Å². The Morgan fingerprint density at radius 3 is 2.79 bits per heavy atom. The Kier molecular flexibility index (Phi) is 6.15. The molecule has 0 spiro atoms. The SMILES string of the molecule is CCOc1ccc(-c2cnn(CCN)c2)cc1Cl.Cl. The summed E-state index contributed by atoms with van der Waals surface area (Å²) >= 11 is 6.15. The van der Waals surface area contributed by atoms with E-state index < -0.39 is 0 Å². The fraction of sp³-hybridized carbons (Fsp3) is 0.308. The molecule has 0 saturated carbocycles. The third kappa shape index (κ3) is 3.86. The van der Waals surface area contributed by atoms with Crippen molar-refractivity contribution in [2.75, 3.05) is 13.2 Å². The molecular weight excluding hydrogens is 285 g/mol. The van der Waals surface area contributed by atoms with Crippen LogP contribution in [0.5, 0.6) is 5.75 Å². The molecule has 0 bridgehead atoms. The summed E-state index contributed by atoms with van der Waals surface area (Å²) in [5.74, 6) is 0.706. The number of benzene rings is 1. The molecule has 0 atom stereocenters. The van der Waals surface area contributed by atoms with E-state index in [-0.39, 0.29) is 12.4 Å². The first-order valence-electron chi connectivity index (χ1n) is 5.90. The van der Waals surface area contributed by atoms with Gasteiger partial charge in [-0.15, -0.1) is 12.4 Å². The van der Waals surface area contributed by atoms with Crippen LogP contribution in [0.2, 0.25) is 5.02 Å². The predicted octanol–water partition coefficient (Wildman–Crippen LogP) is 2.98. The fourth-order valence-corrected chi connectivity index (χ4v) is 1.96. The number of nitrogens with zero attached hydrogens (tertiary/aromatic N) is 2. The third-order valence-electron chi connectivity index (χ3n) is 2.56. The van der Waals surface area contributed by atoms with Gasteiger partial charge in [-0.1, -0.05) is 17.7 Å². The molecule has 6 heteroatoms. The molecule has 0 saturated heterocycles. The van der Waals surface area contributed by atoms with Gasteiger partial charge in [-0.3, -0.25) is 4.68 Å². The van der Waals surface area contributed by atoms with Crippen LogP contribution < -0.4 is 10.5 Å². The van der Waals surface area contributed by atoms with E-state index >= 15 is 0 Å². The topological polar surface area (TPSA) is 53.1 Å². The molecule has 0 aliphatic carbocycles. The van der Waals surface area contributed by atoms with Crippen LogP contribution in [0.25, 0.3) is 11.1 Å². The van der Waals surface area contributed by atoms with Crippen LogP contribution in [0.4, 0.5) is 0 Å². The highest BCUT2D eigenvalue weighted by molar-refractivity contribution is 6.32. The Bertz CT molecular complexity index is 528.